The first-order valence-electron chi connectivity index (χ1n) is 14.0. The van der Waals surface area contributed by atoms with Crippen LogP contribution in [0.25, 0.3) is 10.9 Å². The molecule has 0 amide bonds. The van der Waals surface area contributed by atoms with Crippen molar-refractivity contribution in [3.8, 4) is 5.75 Å². The minimum atomic E-state index is -0.0821. The summed E-state index contributed by atoms with van der Waals surface area (Å²) in [6, 6.07) is 16.2. The fourth-order valence-corrected chi connectivity index (χ4v) is 5.49. The van der Waals surface area contributed by atoms with Gasteiger partial charge in [0.2, 0.25) is 0 Å². The van der Waals surface area contributed by atoms with Crippen LogP contribution in [0.2, 0.25) is 0 Å². The quantitative estimate of drug-likeness (QED) is 0.286. The van der Waals surface area contributed by atoms with Gasteiger partial charge in [0.05, 0.1) is 25.3 Å². The number of aromatic nitrogens is 5. The van der Waals surface area contributed by atoms with Gasteiger partial charge in [0.25, 0.3) is 5.56 Å². The zero-order valence-electron chi connectivity index (χ0n) is 23.1. The molecule has 0 bridgehead atoms. The van der Waals surface area contributed by atoms with Crippen molar-refractivity contribution in [1.29, 1.82) is 0 Å². The van der Waals surface area contributed by atoms with Crippen LogP contribution in [0, 0.1) is 6.92 Å². The predicted molar refractivity (Wildman–Crippen MR) is 151 cm³/mol. The molecule has 0 saturated carbocycles. The Hall–Kier alpha value is -3.56. The molecule has 2 aromatic heterocycles. The predicted octanol–water partition coefficient (Wildman–Crippen LogP) is 4.60. The molecule has 4 aromatic rings. The van der Waals surface area contributed by atoms with Crippen LogP contribution >= 0.6 is 0 Å². The zero-order chi connectivity index (χ0) is 27.2. The highest BCUT2D eigenvalue weighted by molar-refractivity contribution is 5.80. The number of H-pyrrole nitrogens is 1. The summed E-state index contributed by atoms with van der Waals surface area (Å²) in [6.45, 7) is 9.50. The highest BCUT2D eigenvalue weighted by Crippen LogP contribution is 2.27. The van der Waals surface area contributed by atoms with Gasteiger partial charge in [0.1, 0.15) is 5.75 Å². The van der Waals surface area contributed by atoms with Crippen LogP contribution in [0.1, 0.15) is 61.7 Å². The van der Waals surface area contributed by atoms with Gasteiger partial charge in [-0.2, -0.15) is 0 Å². The van der Waals surface area contributed by atoms with Crippen LogP contribution in [-0.2, 0) is 24.2 Å². The maximum absolute atomic E-state index is 13.2. The lowest BCUT2D eigenvalue weighted by Gasteiger charge is -2.30. The monoisotopic (exact) mass is 530 g/mol. The third-order valence-corrected chi connectivity index (χ3v) is 7.59. The van der Waals surface area contributed by atoms with E-state index in [9.17, 15) is 4.79 Å². The summed E-state index contributed by atoms with van der Waals surface area (Å²) in [5.41, 5.74) is 3.98. The molecule has 0 spiro atoms. The molecule has 9 heteroatoms. The average Bonchev–Trinajstić information content (AvgIpc) is 3.62. The van der Waals surface area contributed by atoms with Crippen molar-refractivity contribution in [3.63, 3.8) is 0 Å². The second-order valence-electron chi connectivity index (χ2n) is 10.2. The first-order valence-corrected chi connectivity index (χ1v) is 14.0. The van der Waals surface area contributed by atoms with Crippen LogP contribution in [0.15, 0.2) is 53.3 Å². The van der Waals surface area contributed by atoms with Gasteiger partial charge < -0.3 is 14.5 Å². The summed E-state index contributed by atoms with van der Waals surface area (Å²) in [5, 5.41) is 13.8. The normalized spacial score (nSPS) is 16.3. The molecule has 0 radical (unpaired) electrons. The molecule has 0 aliphatic carbocycles. The topological polar surface area (TPSA) is 98.2 Å². The molecule has 9 nitrogen and oxygen atoms in total. The fourth-order valence-electron chi connectivity index (χ4n) is 5.49. The van der Waals surface area contributed by atoms with Gasteiger partial charge in [0, 0.05) is 36.2 Å². The number of rotatable bonds is 12. The number of hydrogen-bond donors (Lipinski definition) is 1. The number of aryl methyl sites for hydroxylation is 1. The molecule has 2 aromatic carbocycles. The van der Waals surface area contributed by atoms with E-state index in [-0.39, 0.29) is 17.7 Å². The Morgan fingerprint density at radius 3 is 2.82 bits per heavy atom. The van der Waals surface area contributed by atoms with Crippen molar-refractivity contribution < 1.29 is 9.47 Å². The molecule has 2 atom stereocenters. The van der Waals surface area contributed by atoms with Crippen molar-refractivity contribution >= 4 is 10.9 Å². The van der Waals surface area contributed by atoms with Gasteiger partial charge >= 0.3 is 0 Å². The summed E-state index contributed by atoms with van der Waals surface area (Å²) >= 11 is 0. The van der Waals surface area contributed by atoms with Crippen LogP contribution in [-0.4, -0.2) is 56.0 Å². The number of benzene rings is 2. The van der Waals surface area contributed by atoms with E-state index in [2.05, 4.69) is 63.5 Å². The second-order valence-corrected chi connectivity index (χ2v) is 10.2. The van der Waals surface area contributed by atoms with E-state index in [0.29, 0.717) is 25.3 Å². The molecule has 5 rings (SSSR count). The molecule has 1 saturated heterocycles. The van der Waals surface area contributed by atoms with Crippen molar-refractivity contribution in [3.05, 3.63) is 81.4 Å². The highest BCUT2D eigenvalue weighted by Gasteiger charge is 2.27. The van der Waals surface area contributed by atoms with Crippen molar-refractivity contribution in [2.75, 3.05) is 19.8 Å². The SMILES string of the molecule is CCOc1ccc2[nH]c(=O)c(CN(CCc3ccccc3C)C(CC)c3nnnn3CC3CCCO3)cc2c1. The molecule has 206 valence electrons. The Bertz CT molecular complexity index is 1440. The molecule has 3 heterocycles. The molecular formula is C30H38N6O3. The lowest BCUT2D eigenvalue weighted by Crippen LogP contribution is -2.35. The van der Waals surface area contributed by atoms with E-state index in [0.717, 1.165) is 61.3 Å². The lowest BCUT2D eigenvalue weighted by atomic mass is 10.0. The van der Waals surface area contributed by atoms with Gasteiger partial charge in [-0.3, -0.25) is 9.69 Å². The number of ether oxygens (including phenoxy) is 2. The van der Waals surface area contributed by atoms with E-state index in [4.69, 9.17) is 9.47 Å². The summed E-state index contributed by atoms with van der Waals surface area (Å²) in [6.07, 6.45) is 3.88. The number of fused-ring (bicyclic) bond motifs is 1. The number of tetrazole rings is 1. The minimum Gasteiger partial charge on any atom is -0.494 e. The van der Waals surface area contributed by atoms with Gasteiger partial charge in [-0.25, -0.2) is 4.68 Å². The molecule has 1 N–H and O–H groups in total. The van der Waals surface area contributed by atoms with Gasteiger partial charge in [-0.15, -0.1) is 5.10 Å². The second kappa shape index (κ2) is 12.5. The summed E-state index contributed by atoms with van der Waals surface area (Å²) in [5.74, 6) is 1.60. The van der Waals surface area contributed by atoms with E-state index in [1.807, 2.05) is 35.9 Å². The summed E-state index contributed by atoms with van der Waals surface area (Å²) in [7, 11) is 0. The summed E-state index contributed by atoms with van der Waals surface area (Å²) in [4.78, 5) is 18.6. The first-order chi connectivity index (χ1) is 19.1. The van der Waals surface area contributed by atoms with Gasteiger partial charge in [0.15, 0.2) is 5.82 Å². The minimum absolute atomic E-state index is 0.0599. The van der Waals surface area contributed by atoms with E-state index in [1.165, 1.54) is 11.1 Å². The molecule has 39 heavy (non-hydrogen) atoms. The van der Waals surface area contributed by atoms with Crippen LogP contribution in [0.4, 0.5) is 0 Å². The Kier molecular flexibility index (Phi) is 8.68. The number of nitrogens with zero attached hydrogens (tertiary/aromatic N) is 5. The smallest absolute Gasteiger partial charge is 0.252 e. The van der Waals surface area contributed by atoms with Crippen molar-refractivity contribution in [2.24, 2.45) is 0 Å². The number of nitrogens with one attached hydrogen (secondary N) is 1. The molecule has 1 aliphatic heterocycles. The average molecular weight is 531 g/mol. The third-order valence-electron chi connectivity index (χ3n) is 7.59. The molecule has 1 aliphatic rings. The maximum Gasteiger partial charge on any atom is 0.252 e. The number of pyridine rings is 1. The standard InChI is InChI=1S/C30H38N6O3/c1-4-28(29-32-33-34-36(29)20-26-11-8-16-39-26)35(15-14-22-10-7-6-9-21(22)3)19-24-17-23-18-25(38-5-2)12-13-27(23)31-30(24)37/h6-7,9-10,12-13,17-18,26,28H,4-5,8,11,14-16,19-20H2,1-3H3,(H,31,37). The fraction of sp³-hybridized carbons (Fsp3) is 0.467. The third kappa shape index (κ3) is 6.37. The van der Waals surface area contributed by atoms with Crippen LogP contribution in [0.5, 0.6) is 5.75 Å². The van der Waals surface area contributed by atoms with Crippen LogP contribution < -0.4 is 10.3 Å². The number of hydrogen-bond acceptors (Lipinski definition) is 7. The van der Waals surface area contributed by atoms with Crippen molar-refractivity contribution in [2.45, 2.75) is 71.7 Å². The van der Waals surface area contributed by atoms with E-state index >= 15 is 0 Å². The Labute approximate surface area is 229 Å². The van der Waals surface area contributed by atoms with Crippen molar-refractivity contribution in [1.82, 2.24) is 30.1 Å². The number of aromatic amines is 1. The molecule has 2 unspecified atom stereocenters. The summed E-state index contributed by atoms with van der Waals surface area (Å²) < 4.78 is 13.5. The van der Waals surface area contributed by atoms with Crippen LogP contribution in [0.3, 0.4) is 0 Å². The Balaban J connectivity index is 1.47. The van der Waals surface area contributed by atoms with Gasteiger partial charge in [-0.1, -0.05) is 31.2 Å². The van der Waals surface area contributed by atoms with E-state index < -0.39 is 0 Å². The highest BCUT2D eigenvalue weighted by atomic mass is 16.5. The van der Waals surface area contributed by atoms with E-state index in [1.54, 1.807) is 0 Å². The lowest BCUT2D eigenvalue weighted by molar-refractivity contribution is 0.0893. The first kappa shape index (κ1) is 27.0. The zero-order valence-corrected chi connectivity index (χ0v) is 23.1. The Morgan fingerprint density at radius 1 is 1.18 bits per heavy atom. The molecule has 1 fully saturated rings. The molecular weight excluding hydrogens is 492 g/mol. The largest absolute Gasteiger partial charge is 0.494 e. The Morgan fingerprint density at radius 2 is 2.05 bits per heavy atom. The van der Waals surface area contributed by atoms with Gasteiger partial charge in [-0.05, 0) is 85.3 Å². The maximum atomic E-state index is 13.2.